The van der Waals surface area contributed by atoms with Crippen LogP contribution >= 0.6 is 12.4 Å². The van der Waals surface area contributed by atoms with Gasteiger partial charge in [-0.05, 0) is 51.2 Å². The molecule has 2 N–H and O–H groups in total. The smallest absolute Gasteiger partial charge is 0.0679 e. The van der Waals surface area contributed by atoms with Crippen LogP contribution in [0.5, 0.6) is 0 Å². The van der Waals surface area contributed by atoms with Gasteiger partial charge in [-0.3, -0.25) is 0 Å². The van der Waals surface area contributed by atoms with Gasteiger partial charge in [0.25, 0.3) is 0 Å². The molecule has 0 aliphatic carbocycles. The SMILES string of the molecule is Cl.OC1CCN(CCC2CCNCC2)C1. The highest BCUT2D eigenvalue weighted by molar-refractivity contribution is 5.85. The van der Waals surface area contributed by atoms with E-state index in [1.807, 2.05) is 0 Å². The lowest BCUT2D eigenvalue weighted by molar-refractivity contribution is 0.172. The summed E-state index contributed by atoms with van der Waals surface area (Å²) in [6.45, 7) is 5.61. The van der Waals surface area contributed by atoms with Gasteiger partial charge in [0, 0.05) is 13.1 Å². The molecule has 0 aromatic rings. The van der Waals surface area contributed by atoms with Gasteiger partial charge < -0.3 is 15.3 Å². The Kier molecular flexibility index (Phi) is 5.90. The molecule has 4 heteroatoms. The van der Waals surface area contributed by atoms with Crippen LogP contribution in [0.15, 0.2) is 0 Å². The van der Waals surface area contributed by atoms with E-state index in [0.29, 0.717) is 0 Å². The molecule has 3 nitrogen and oxygen atoms in total. The molecule has 0 saturated carbocycles. The third kappa shape index (κ3) is 4.27. The van der Waals surface area contributed by atoms with Crippen molar-refractivity contribution in [3.63, 3.8) is 0 Å². The van der Waals surface area contributed by atoms with Crippen LogP contribution in [0.2, 0.25) is 0 Å². The lowest BCUT2D eigenvalue weighted by Gasteiger charge is -2.24. The van der Waals surface area contributed by atoms with Crippen LogP contribution in [0.3, 0.4) is 0 Å². The number of hydrogen-bond acceptors (Lipinski definition) is 3. The van der Waals surface area contributed by atoms with Gasteiger partial charge in [0.15, 0.2) is 0 Å². The zero-order chi connectivity index (χ0) is 9.80. The number of rotatable bonds is 3. The van der Waals surface area contributed by atoms with E-state index in [0.717, 1.165) is 25.4 Å². The summed E-state index contributed by atoms with van der Waals surface area (Å²) >= 11 is 0. The van der Waals surface area contributed by atoms with Gasteiger partial charge in [-0.2, -0.15) is 0 Å². The largest absolute Gasteiger partial charge is 0.392 e. The molecule has 2 rings (SSSR count). The fourth-order valence-corrected chi connectivity index (χ4v) is 2.55. The van der Waals surface area contributed by atoms with Gasteiger partial charge in [-0.15, -0.1) is 12.4 Å². The van der Waals surface area contributed by atoms with Crippen molar-refractivity contribution >= 4 is 12.4 Å². The Hall–Kier alpha value is 0.170. The Labute approximate surface area is 98.6 Å². The van der Waals surface area contributed by atoms with E-state index in [-0.39, 0.29) is 18.5 Å². The number of nitrogens with one attached hydrogen (secondary N) is 1. The van der Waals surface area contributed by atoms with Crippen molar-refractivity contribution in [1.82, 2.24) is 10.2 Å². The number of hydrogen-bond donors (Lipinski definition) is 2. The van der Waals surface area contributed by atoms with Crippen molar-refractivity contribution < 1.29 is 5.11 Å². The highest BCUT2D eigenvalue weighted by atomic mass is 35.5. The second-order valence-corrected chi connectivity index (χ2v) is 4.73. The molecule has 2 saturated heterocycles. The number of aliphatic hydroxyl groups is 1. The first-order valence-electron chi connectivity index (χ1n) is 5.96. The molecule has 1 unspecified atom stereocenters. The number of aliphatic hydroxyl groups excluding tert-OH is 1. The molecule has 0 aromatic carbocycles. The Morgan fingerprint density at radius 2 is 1.93 bits per heavy atom. The molecule has 1 atom stereocenters. The molecule has 0 amide bonds. The summed E-state index contributed by atoms with van der Waals surface area (Å²) in [4.78, 5) is 2.41. The topological polar surface area (TPSA) is 35.5 Å². The van der Waals surface area contributed by atoms with E-state index in [1.165, 1.54) is 38.9 Å². The molecule has 0 spiro atoms. The number of halogens is 1. The summed E-state index contributed by atoms with van der Waals surface area (Å²) < 4.78 is 0. The molecular formula is C11H23ClN2O. The van der Waals surface area contributed by atoms with E-state index < -0.39 is 0 Å². The Morgan fingerprint density at radius 3 is 2.53 bits per heavy atom. The maximum atomic E-state index is 9.38. The fraction of sp³-hybridized carbons (Fsp3) is 1.00. The predicted molar refractivity (Wildman–Crippen MR) is 64.5 cm³/mol. The lowest BCUT2D eigenvalue weighted by Crippen LogP contribution is -2.31. The standard InChI is InChI=1S/C11H22N2O.ClH/c14-11-4-8-13(9-11)7-3-10-1-5-12-6-2-10;/h10-12,14H,1-9H2;1H. The Morgan fingerprint density at radius 1 is 1.20 bits per heavy atom. The number of likely N-dealkylation sites (tertiary alicyclic amines) is 1. The van der Waals surface area contributed by atoms with Gasteiger partial charge in [-0.25, -0.2) is 0 Å². The fourth-order valence-electron chi connectivity index (χ4n) is 2.55. The molecule has 2 fully saturated rings. The maximum absolute atomic E-state index is 9.38. The minimum atomic E-state index is -0.0528. The number of nitrogens with zero attached hydrogens (tertiary/aromatic N) is 1. The second-order valence-electron chi connectivity index (χ2n) is 4.73. The van der Waals surface area contributed by atoms with Crippen molar-refractivity contribution in [2.75, 3.05) is 32.7 Å². The molecule has 0 aromatic heterocycles. The van der Waals surface area contributed by atoms with Crippen LogP contribution in [0.4, 0.5) is 0 Å². The maximum Gasteiger partial charge on any atom is 0.0679 e. The van der Waals surface area contributed by atoms with E-state index in [2.05, 4.69) is 10.2 Å². The average molecular weight is 235 g/mol. The van der Waals surface area contributed by atoms with E-state index in [9.17, 15) is 5.11 Å². The quantitative estimate of drug-likeness (QED) is 0.761. The molecule has 2 aliphatic rings. The average Bonchev–Trinajstić information content (AvgIpc) is 2.63. The minimum Gasteiger partial charge on any atom is -0.392 e. The van der Waals surface area contributed by atoms with Crippen LogP contribution < -0.4 is 5.32 Å². The van der Waals surface area contributed by atoms with Crippen LogP contribution in [-0.2, 0) is 0 Å². The van der Waals surface area contributed by atoms with Gasteiger partial charge in [0.2, 0.25) is 0 Å². The van der Waals surface area contributed by atoms with E-state index >= 15 is 0 Å². The van der Waals surface area contributed by atoms with Gasteiger partial charge in [0.1, 0.15) is 0 Å². The van der Waals surface area contributed by atoms with Crippen molar-refractivity contribution in [2.45, 2.75) is 31.8 Å². The highest BCUT2D eigenvalue weighted by Gasteiger charge is 2.21. The van der Waals surface area contributed by atoms with Crippen LogP contribution in [0, 0.1) is 5.92 Å². The number of piperidine rings is 1. The Balaban J connectivity index is 0.00000112. The summed E-state index contributed by atoms with van der Waals surface area (Å²) in [6.07, 6.45) is 4.94. The second kappa shape index (κ2) is 6.69. The summed E-state index contributed by atoms with van der Waals surface area (Å²) in [5, 5.41) is 12.8. The zero-order valence-electron chi connectivity index (χ0n) is 9.32. The normalized spacial score (nSPS) is 29.0. The summed E-state index contributed by atoms with van der Waals surface area (Å²) in [5.41, 5.74) is 0. The van der Waals surface area contributed by atoms with Gasteiger partial charge >= 0.3 is 0 Å². The summed E-state index contributed by atoms with van der Waals surface area (Å²) in [6, 6.07) is 0. The lowest BCUT2D eigenvalue weighted by atomic mass is 9.94. The summed E-state index contributed by atoms with van der Waals surface area (Å²) in [5.74, 6) is 0.925. The van der Waals surface area contributed by atoms with Crippen LogP contribution in [0.1, 0.15) is 25.7 Å². The third-order valence-corrected chi connectivity index (χ3v) is 3.56. The molecule has 0 bridgehead atoms. The van der Waals surface area contributed by atoms with Gasteiger partial charge in [-0.1, -0.05) is 0 Å². The highest BCUT2D eigenvalue weighted by Crippen LogP contribution is 2.18. The van der Waals surface area contributed by atoms with Crippen molar-refractivity contribution in [3.8, 4) is 0 Å². The zero-order valence-corrected chi connectivity index (χ0v) is 10.1. The van der Waals surface area contributed by atoms with Crippen LogP contribution in [-0.4, -0.2) is 48.8 Å². The third-order valence-electron chi connectivity index (χ3n) is 3.56. The van der Waals surface area contributed by atoms with E-state index in [1.54, 1.807) is 0 Å². The van der Waals surface area contributed by atoms with Crippen molar-refractivity contribution in [1.29, 1.82) is 0 Å². The molecular weight excluding hydrogens is 212 g/mol. The molecule has 15 heavy (non-hydrogen) atoms. The first-order valence-corrected chi connectivity index (χ1v) is 5.96. The van der Waals surface area contributed by atoms with E-state index in [4.69, 9.17) is 0 Å². The first-order chi connectivity index (χ1) is 6.84. The number of β-amino-alcohol motifs (C(OH)–C–C–N with tert-alkyl or cyclic N) is 1. The molecule has 90 valence electrons. The Bertz CT molecular complexity index is 169. The predicted octanol–water partition coefficient (Wildman–Crippen LogP) is 0.864. The minimum absolute atomic E-state index is 0. The van der Waals surface area contributed by atoms with Crippen molar-refractivity contribution in [3.05, 3.63) is 0 Å². The molecule has 2 aliphatic heterocycles. The van der Waals surface area contributed by atoms with Crippen molar-refractivity contribution in [2.24, 2.45) is 5.92 Å². The molecule has 2 heterocycles. The monoisotopic (exact) mass is 234 g/mol. The summed E-state index contributed by atoms with van der Waals surface area (Å²) in [7, 11) is 0. The van der Waals surface area contributed by atoms with Crippen LogP contribution in [0.25, 0.3) is 0 Å². The first kappa shape index (κ1) is 13.2. The molecule has 0 radical (unpaired) electrons. The van der Waals surface area contributed by atoms with Gasteiger partial charge in [0.05, 0.1) is 6.10 Å².